The number of nitrogens with zero attached hydrogens (tertiary/aromatic N) is 5. The number of rotatable bonds is 7. The first-order valence-electron chi connectivity index (χ1n) is 9.95. The van der Waals surface area contributed by atoms with E-state index in [-0.39, 0.29) is 5.91 Å². The molecule has 0 aliphatic heterocycles. The van der Waals surface area contributed by atoms with Crippen LogP contribution in [0, 0.1) is 6.92 Å². The van der Waals surface area contributed by atoms with E-state index >= 15 is 0 Å². The lowest BCUT2D eigenvalue weighted by Gasteiger charge is -2.24. The number of likely N-dealkylation sites (N-methyl/N-ethyl adjacent to an activating group) is 1. The van der Waals surface area contributed by atoms with Gasteiger partial charge in [-0.05, 0) is 44.3 Å². The number of aryl methyl sites for hydroxylation is 1. The molecule has 150 valence electrons. The largest absolute Gasteiger partial charge is 0.302 e. The quantitative estimate of drug-likeness (QED) is 0.460. The predicted octanol–water partition coefficient (Wildman–Crippen LogP) is 4.24. The van der Waals surface area contributed by atoms with E-state index in [1.54, 1.807) is 11.3 Å². The molecule has 3 aromatic heterocycles. The number of aromatic nitrogens is 3. The number of imidazole rings is 1. The van der Waals surface area contributed by atoms with Crippen molar-refractivity contribution in [1.82, 2.24) is 19.3 Å². The summed E-state index contributed by atoms with van der Waals surface area (Å²) in [5.41, 5.74) is 3.03. The number of benzene rings is 1. The number of hydrogen-bond acceptors (Lipinski definition) is 5. The number of pyridine rings is 1. The number of carbonyl (C=O) groups is 1. The summed E-state index contributed by atoms with van der Waals surface area (Å²) in [6.07, 6.45) is 1.89. The van der Waals surface area contributed by atoms with Gasteiger partial charge in [0.05, 0.1) is 15.9 Å². The van der Waals surface area contributed by atoms with Crippen molar-refractivity contribution in [3.05, 3.63) is 60.0 Å². The molecule has 0 radical (unpaired) electrons. The van der Waals surface area contributed by atoms with Gasteiger partial charge in [-0.25, -0.2) is 9.97 Å². The van der Waals surface area contributed by atoms with Gasteiger partial charge in [0.15, 0.2) is 5.13 Å². The fraction of sp³-hybridized carbons (Fsp3) is 0.318. The van der Waals surface area contributed by atoms with Crippen molar-refractivity contribution in [2.75, 3.05) is 31.1 Å². The molecule has 1 aromatic carbocycles. The van der Waals surface area contributed by atoms with Crippen LogP contribution in [-0.2, 0) is 0 Å². The summed E-state index contributed by atoms with van der Waals surface area (Å²) < 4.78 is 2.95. The normalized spacial score (nSPS) is 11.6. The van der Waals surface area contributed by atoms with E-state index in [2.05, 4.69) is 23.7 Å². The summed E-state index contributed by atoms with van der Waals surface area (Å²) in [6.45, 7) is 9.45. The molecule has 0 atom stereocenters. The number of para-hydroxylation sites is 1. The highest BCUT2D eigenvalue weighted by Gasteiger charge is 2.26. The average molecular weight is 408 g/mol. The van der Waals surface area contributed by atoms with E-state index in [9.17, 15) is 4.79 Å². The van der Waals surface area contributed by atoms with E-state index in [0.717, 1.165) is 46.3 Å². The topological polar surface area (TPSA) is 53.7 Å². The van der Waals surface area contributed by atoms with Gasteiger partial charge in [-0.1, -0.05) is 43.4 Å². The van der Waals surface area contributed by atoms with Crippen LogP contribution in [0.5, 0.6) is 0 Å². The maximum absolute atomic E-state index is 13.7. The molecule has 4 aromatic rings. The summed E-state index contributed by atoms with van der Waals surface area (Å²) in [5.74, 6) is -0.0626. The Hall–Kier alpha value is -2.77. The molecule has 7 heteroatoms. The zero-order chi connectivity index (χ0) is 20.4. The van der Waals surface area contributed by atoms with Crippen LogP contribution < -0.4 is 4.90 Å². The maximum atomic E-state index is 13.7. The first-order valence-corrected chi connectivity index (χ1v) is 10.8. The van der Waals surface area contributed by atoms with Gasteiger partial charge >= 0.3 is 0 Å². The monoisotopic (exact) mass is 407 g/mol. The molecule has 0 unspecified atom stereocenters. The number of thiazole rings is 1. The number of fused-ring (bicyclic) bond motifs is 2. The summed E-state index contributed by atoms with van der Waals surface area (Å²) in [5, 5.41) is 0.730. The lowest BCUT2D eigenvalue weighted by molar-refractivity contribution is 0.0977. The predicted molar refractivity (Wildman–Crippen MR) is 119 cm³/mol. The van der Waals surface area contributed by atoms with E-state index in [1.165, 1.54) is 0 Å². The van der Waals surface area contributed by atoms with Crippen LogP contribution in [0.4, 0.5) is 5.13 Å². The number of anilines is 1. The Bertz CT molecular complexity index is 1110. The molecule has 29 heavy (non-hydrogen) atoms. The van der Waals surface area contributed by atoms with Gasteiger partial charge in [0, 0.05) is 19.3 Å². The molecule has 6 nitrogen and oxygen atoms in total. The average Bonchev–Trinajstić information content (AvgIpc) is 3.30. The van der Waals surface area contributed by atoms with Crippen LogP contribution in [0.2, 0.25) is 0 Å². The second kappa shape index (κ2) is 8.31. The lowest BCUT2D eigenvalue weighted by atomic mass is 10.3. The third-order valence-corrected chi connectivity index (χ3v) is 6.26. The molecule has 3 heterocycles. The van der Waals surface area contributed by atoms with Crippen molar-refractivity contribution < 1.29 is 4.79 Å². The zero-order valence-electron chi connectivity index (χ0n) is 17.0. The van der Waals surface area contributed by atoms with Crippen LogP contribution in [0.15, 0.2) is 48.7 Å². The minimum absolute atomic E-state index is 0.0626. The Morgan fingerprint density at radius 1 is 1.03 bits per heavy atom. The second-order valence-electron chi connectivity index (χ2n) is 6.92. The summed E-state index contributed by atoms with van der Waals surface area (Å²) >= 11 is 1.55. The smallest absolute Gasteiger partial charge is 0.279 e. The lowest BCUT2D eigenvalue weighted by Crippen LogP contribution is -2.39. The van der Waals surface area contributed by atoms with Crippen LogP contribution in [0.25, 0.3) is 15.9 Å². The SMILES string of the molecule is CCN(CC)CCN(C(=O)c1c(C)nc2ccccn12)c1nc2ccccc2s1. The van der Waals surface area contributed by atoms with Gasteiger partial charge in [0.1, 0.15) is 11.3 Å². The Balaban J connectivity index is 1.76. The third-order valence-electron chi connectivity index (χ3n) is 5.20. The van der Waals surface area contributed by atoms with E-state index < -0.39 is 0 Å². The highest BCUT2D eigenvalue weighted by Crippen LogP contribution is 2.30. The van der Waals surface area contributed by atoms with Crippen molar-refractivity contribution in [3.8, 4) is 0 Å². The number of hydrogen-bond donors (Lipinski definition) is 0. The van der Waals surface area contributed by atoms with Gasteiger partial charge in [-0.15, -0.1) is 0 Å². The molecule has 0 spiro atoms. The number of amides is 1. The molecule has 1 amide bonds. The first-order chi connectivity index (χ1) is 14.1. The molecule has 0 aliphatic carbocycles. The summed E-state index contributed by atoms with van der Waals surface area (Å²) in [4.78, 5) is 27.2. The zero-order valence-corrected chi connectivity index (χ0v) is 17.8. The molecule has 0 saturated heterocycles. The molecule has 4 rings (SSSR count). The van der Waals surface area contributed by atoms with Crippen molar-refractivity contribution in [2.45, 2.75) is 20.8 Å². The van der Waals surface area contributed by atoms with Crippen molar-refractivity contribution in [3.63, 3.8) is 0 Å². The fourth-order valence-corrected chi connectivity index (χ4v) is 4.53. The standard InChI is InChI=1S/C22H25N5OS/c1-4-25(5-2)14-15-27(22-24-17-10-6-7-11-18(17)29-22)21(28)20-16(3)23-19-12-8-9-13-26(19)20/h6-13H,4-5,14-15H2,1-3H3. The minimum atomic E-state index is -0.0626. The van der Waals surface area contributed by atoms with Gasteiger partial charge in [0.25, 0.3) is 5.91 Å². The highest BCUT2D eigenvalue weighted by molar-refractivity contribution is 7.22. The van der Waals surface area contributed by atoms with Gasteiger partial charge in [-0.2, -0.15) is 0 Å². The van der Waals surface area contributed by atoms with Crippen molar-refractivity contribution in [2.24, 2.45) is 0 Å². The van der Waals surface area contributed by atoms with Crippen molar-refractivity contribution >= 4 is 38.2 Å². The fourth-order valence-electron chi connectivity index (χ4n) is 3.54. The van der Waals surface area contributed by atoms with Gasteiger partial charge < -0.3 is 4.90 Å². The minimum Gasteiger partial charge on any atom is -0.302 e. The van der Waals surface area contributed by atoms with Crippen molar-refractivity contribution in [1.29, 1.82) is 0 Å². The molecular formula is C22H25N5OS. The maximum Gasteiger partial charge on any atom is 0.279 e. The van der Waals surface area contributed by atoms with Crippen LogP contribution in [0.1, 0.15) is 30.0 Å². The Labute approximate surface area is 174 Å². The summed E-state index contributed by atoms with van der Waals surface area (Å²) in [7, 11) is 0. The second-order valence-corrected chi connectivity index (χ2v) is 7.93. The van der Waals surface area contributed by atoms with E-state index in [0.29, 0.717) is 12.2 Å². The Morgan fingerprint density at radius 2 is 1.79 bits per heavy atom. The van der Waals surface area contributed by atoms with Crippen LogP contribution in [0.3, 0.4) is 0 Å². The van der Waals surface area contributed by atoms with Gasteiger partial charge in [0.2, 0.25) is 0 Å². The molecular weight excluding hydrogens is 382 g/mol. The van der Waals surface area contributed by atoms with Crippen LogP contribution in [-0.4, -0.2) is 51.4 Å². The highest BCUT2D eigenvalue weighted by atomic mass is 32.1. The Morgan fingerprint density at radius 3 is 2.55 bits per heavy atom. The molecule has 0 bridgehead atoms. The third kappa shape index (κ3) is 3.75. The van der Waals surface area contributed by atoms with Crippen LogP contribution >= 0.6 is 11.3 Å². The molecule has 0 fully saturated rings. The molecule has 0 N–H and O–H groups in total. The molecule has 0 saturated carbocycles. The first kappa shape index (κ1) is 19.5. The van der Waals surface area contributed by atoms with Gasteiger partial charge in [-0.3, -0.25) is 14.1 Å². The molecule has 0 aliphatic rings. The number of carbonyl (C=O) groups excluding carboxylic acids is 1. The van der Waals surface area contributed by atoms with E-state index in [4.69, 9.17) is 4.98 Å². The van der Waals surface area contributed by atoms with E-state index in [1.807, 2.05) is 64.9 Å². The summed E-state index contributed by atoms with van der Waals surface area (Å²) in [6, 6.07) is 13.8. The Kier molecular flexibility index (Phi) is 5.60.